The molecule has 118 valence electrons. The fraction of sp³-hybridized carbons (Fsp3) is 0.500. The van der Waals surface area contributed by atoms with Gasteiger partial charge >= 0.3 is 10.1 Å². The molecule has 0 N–H and O–H groups in total. The summed E-state index contributed by atoms with van der Waals surface area (Å²) in [7, 11) is -2.22. The van der Waals surface area contributed by atoms with E-state index in [0.29, 0.717) is 12.3 Å². The normalized spacial score (nSPS) is 11.3. The van der Waals surface area contributed by atoms with Crippen molar-refractivity contribution in [2.75, 3.05) is 13.4 Å². The van der Waals surface area contributed by atoms with E-state index in [2.05, 4.69) is 0 Å². The van der Waals surface area contributed by atoms with Crippen molar-refractivity contribution in [3.05, 3.63) is 23.8 Å². The Bertz CT molecular complexity index is 610. The van der Waals surface area contributed by atoms with Gasteiger partial charge in [0.15, 0.2) is 11.5 Å². The summed E-state index contributed by atoms with van der Waals surface area (Å²) in [6.07, 6.45) is 0.967. The molecule has 0 heterocycles. The van der Waals surface area contributed by atoms with Crippen LogP contribution in [0.15, 0.2) is 18.2 Å². The minimum Gasteiger partial charge on any atom is -0.493 e. The highest BCUT2D eigenvalue weighted by Gasteiger charge is 2.16. The molecule has 0 fully saturated rings. The fourth-order valence-corrected chi connectivity index (χ4v) is 2.36. The molecule has 7 heteroatoms. The van der Waals surface area contributed by atoms with E-state index < -0.39 is 10.1 Å². The number of nitrogens with zero attached hydrogens (tertiary/aromatic N) is 1. The second-order valence-electron chi connectivity index (χ2n) is 5.01. The minimum absolute atomic E-state index is 0.0453. The van der Waals surface area contributed by atoms with Gasteiger partial charge in [-0.1, -0.05) is 6.07 Å². The Morgan fingerprint density at radius 3 is 2.33 bits per heavy atom. The lowest BCUT2D eigenvalue weighted by Crippen LogP contribution is -2.34. The van der Waals surface area contributed by atoms with Gasteiger partial charge in [0.2, 0.25) is 5.91 Å². The van der Waals surface area contributed by atoms with E-state index in [1.54, 1.807) is 23.1 Å². The van der Waals surface area contributed by atoms with Crippen LogP contribution in [0.2, 0.25) is 0 Å². The number of amides is 1. The first-order valence-electron chi connectivity index (χ1n) is 6.47. The van der Waals surface area contributed by atoms with Crippen molar-refractivity contribution < 1.29 is 22.1 Å². The average Bonchev–Trinajstić information content (AvgIpc) is 2.33. The molecular formula is C14H21NO5S. The van der Waals surface area contributed by atoms with Crippen molar-refractivity contribution in [3.8, 4) is 11.5 Å². The summed E-state index contributed by atoms with van der Waals surface area (Å²) in [5, 5.41) is 0. The highest BCUT2D eigenvalue weighted by atomic mass is 32.2. The number of hydrogen-bond acceptors (Lipinski definition) is 5. The van der Waals surface area contributed by atoms with Gasteiger partial charge in [0.25, 0.3) is 0 Å². The topological polar surface area (TPSA) is 72.9 Å². The summed E-state index contributed by atoms with van der Waals surface area (Å²) < 4.78 is 32.5. The van der Waals surface area contributed by atoms with E-state index in [0.717, 1.165) is 11.8 Å². The monoisotopic (exact) mass is 315 g/mol. The lowest BCUT2D eigenvalue weighted by Gasteiger charge is -2.25. The lowest BCUT2D eigenvalue weighted by atomic mass is 10.1. The van der Waals surface area contributed by atoms with Crippen molar-refractivity contribution >= 4 is 16.0 Å². The smallest absolute Gasteiger partial charge is 0.306 e. The van der Waals surface area contributed by atoms with Crippen molar-refractivity contribution in [1.82, 2.24) is 4.90 Å². The predicted octanol–water partition coefficient (Wildman–Crippen LogP) is 1.79. The summed E-state index contributed by atoms with van der Waals surface area (Å²) in [6, 6.07) is 5.00. The largest absolute Gasteiger partial charge is 0.493 e. The zero-order valence-electron chi connectivity index (χ0n) is 12.9. The van der Waals surface area contributed by atoms with Gasteiger partial charge in [0.1, 0.15) is 0 Å². The first-order chi connectivity index (χ1) is 9.64. The molecule has 0 saturated heterocycles. The molecule has 21 heavy (non-hydrogen) atoms. The maximum absolute atomic E-state index is 11.6. The Morgan fingerprint density at radius 2 is 1.90 bits per heavy atom. The number of carbonyl (C=O) groups excluding carboxylic acids is 1. The van der Waals surface area contributed by atoms with Crippen molar-refractivity contribution in [1.29, 1.82) is 0 Å². The average molecular weight is 315 g/mol. The molecule has 0 spiro atoms. The number of ether oxygens (including phenoxy) is 1. The van der Waals surface area contributed by atoms with Gasteiger partial charge in [-0.05, 0) is 31.5 Å². The molecule has 1 rings (SSSR count). The fourth-order valence-electron chi connectivity index (χ4n) is 1.90. The summed E-state index contributed by atoms with van der Waals surface area (Å²) >= 11 is 0. The lowest BCUT2D eigenvalue weighted by molar-refractivity contribution is -0.131. The van der Waals surface area contributed by atoms with Gasteiger partial charge in [-0.3, -0.25) is 4.79 Å². The van der Waals surface area contributed by atoms with Gasteiger partial charge in [-0.15, -0.1) is 0 Å². The molecule has 6 nitrogen and oxygen atoms in total. The van der Waals surface area contributed by atoms with Gasteiger partial charge < -0.3 is 13.8 Å². The summed E-state index contributed by atoms with van der Waals surface area (Å²) in [5.41, 5.74) is 0.762. The van der Waals surface area contributed by atoms with Crippen LogP contribution in [0.1, 0.15) is 26.3 Å². The third kappa shape index (κ3) is 5.26. The SMILES string of the molecule is COc1ccc(CN(C(C)=O)C(C)C)cc1OS(C)(=O)=O. The molecule has 1 amide bonds. The summed E-state index contributed by atoms with van der Waals surface area (Å²) in [5.74, 6) is 0.388. The summed E-state index contributed by atoms with van der Waals surface area (Å²) in [4.78, 5) is 13.3. The van der Waals surface area contributed by atoms with E-state index in [9.17, 15) is 13.2 Å². The third-order valence-electron chi connectivity index (χ3n) is 2.85. The van der Waals surface area contributed by atoms with Crippen molar-refractivity contribution in [3.63, 3.8) is 0 Å². The maximum Gasteiger partial charge on any atom is 0.306 e. The molecule has 1 aromatic rings. The van der Waals surface area contributed by atoms with Crippen molar-refractivity contribution in [2.24, 2.45) is 0 Å². The van der Waals surface area contributed by atoms with Gasteiger partial charge in [-0.25, -0.2) is 0 Å². The first kappa shape index (κ1) is 17.3. The van der Waals surface area contributed by atoms with Crippen LogP contribution >= 0.6 is 0 Å². The molecule has 0 aliphatic heterocycles. The van der Waals surface area contributed by atoms with Crippen LogP contribution in [0.4, 0.5) is 0 Å². The minimum atomic E-state index is -3.65. The summed E-state index contributed by atoms with van der Waals surface area (Å²) in [6.45, 7) is 5.70. The molecule has 0 bridgehead atoms. The molecule has 0 saturated carbocycles. The number of hydrogen-bond donors (Lipinski definition) is 0. The number of methoxy groups -OCH3 is 1. The molecular weight excluding hydrogens is 294 g/mol. The van der Waals surface area contributed by atoms with Crippen LogP contribution in [0, 0.1) is 0 Å². The van der Waals surface area contributed by atoms with Gasteiger partial charge in [-0.2, -0.15) is 8.42 Å². The Balaban J connectivity index is 3.10. The van der Waals surface area contributed by atoms with Crippen LogP contribution in [0.3, 0.4) is 0 Å². The number of benzene rings is 1. The molecule has 1 aromatic carbocycles. The van der Waals surface area contributed by atoms with E-state index in [-0.39, 0.29) is 17.7 Å². The van der Waals surface area contributed by atoms with E-state index in [4.69, 9.17) is 8.92 Å². The van der Waals surface area contributed by atoms with E-state index in [1.807, 2.05) is 13.8 Å². The first-order valence-corrected chi connectivity index (χ1v) is 8.29. The highest BCUT2D eigenvalue weighted by molar-refractivity contribution is 7.86. The Hall–Kier alpha value is -1.76. The Kier molecular flexibility index (Phi) is 5.60. The molecule has 0 atom stereocenters. The zero-order chi connectivity index (χ0) is 16.2. The van der Waals surface area contributed by atoms with Gasteiger partial charge in [0.05, 0.1) is 13.4 Å². The molecule has 0 aliphatic carbocycles. The van der Waals surface area contributed by atoms with Crippen LogP contribution in [0.25, 0.3) is 0 Å². The zero-order valence-corrected chi connectivity index (χ0v) is 13.7. The van der Waals surface area contributed by atoms with Gasteiger partial charge in [0, 0.05) is 19.5 Å². The Labute approximate surface area is 125 Å². The van der Waals surface area contributed by atoms with Crippen LogP contribution in [-0.2, 0) is 21.5 Å². The number of carbonyl (C=O) groups is 1. The molecule has 0 aromatic heterocycles. The second kappa shape index (κ2) is 6.80. The molecule has 0 aliphatic rings. The van der Waals surface area contributed by atoms with Crippen molar-refractivity contribution in [2.45, 2.75) is 33.4 Å². The predicted molar refractivity (Wildman–Crippen MR) is 79.8 cm³/mol. The second-order valence-corrected chi connectivity index (χ2v) is 6.59. The number of rotatable bonds is 6. The van der Waals surface area contributed by atoms with E-state index in [1.165, 1.54) is 14.0 Å². The molecule has 0 unspecified atom stereocenters. The highest BCUT2D eigenvalue weighted by Crippen LogP contribution is 2.29. The van der Waals surface area contributed by atoms with Crippen LogP contribution in [-0.4, -0.2) is 38.6 Å². The Morgan fingerprint density at radius 1 is 1.29 bits per heavy atom. The quantitative estimate of drug-likeness (QED) is 0.748. The standard InChI is InChI=1S/C14H21NO5S/c1-10(2)15(11(3)16)9-12-6-7-13(19-4)14(8-12)20-21(5,17)18/h6-8,10H,9H2,1-5H3. The van der Waals surface area contributed by atoms with Crippen LogP contribution in [0.5, 0.6) is 11.5 Å². The molecule has 0 radical (unpaired) electrons. The van der Waals surface area contributed by atoms with Crippen LogP contribution < -0.4 is 8.92 Å². The third-order valence-corrected chi connectivity index (χ3v) is 3.33. The van der Waals surface area contributed by atoms with E-state index >= 15 is 0 Å². The maximum atomic E-state index is 11.6.